The lowest BCUT2D eigenvalue weighted by molar-refractivity contribution is 0.414. The van der Waals surface area contributed by atoms with Crippen LogP contribution in [0.25, 0.3) is 0 Å². The summed E-state index contributed by atoms with van der Waals surface area (Å²) < 4.78 is 30.6. The van der Waals surface area contributed by atoms with Crippen molar-refractivity contribution in [3.63, 3.8) is 0 Å². The Morgan fingerprint density at radius 2 is 1.76 bits per heavy atom. The average molecular weight is 320 g/mol. The summed E-state index contributed by atoms with van der Waals surface area (Å²) in [6.45, 7) is 4.80. The van der Waals surface area contributed by atoms with Crippen molar-refractivity contribution in [1.29, 1.82) is 0 Å². The fourth-order valence-corrected chi connectivity index (χ4v) is 4.60. The first-order valence-corrected chi connectivity index (χ1v) is 9.08. The Labute approximate surface area is 130 Å². The molecule has 0 heterocycles. The van der Waals surface area contributed by atoms with Crippen LogP contribution in [0.2, 0.25) is 6.82 Å². The maximum absolute atomic E-state index is 12.8. The number of benzene rings is 2. The summed E-state index contributed by atoms with van der Waals surface area (Å²) in [4.78, 5) is 1.45. The molecule has 0 aliphatic rings. The Bertz CT molecular complexity index is 725. The van der Waals surface area contributed by atoms with Gasteiger partial charge in [-0.3, -0.25) is 0 Å². The van der Waals surface area contributed by atoms with Gasteiger partial charge in [0, 0.05) is 4.90 Å². The summed E-state index contributed by atoms with van der Waals surface area (Å²) >= 11 is 1.54. The van der Waals surface area contributed by atoms with E-state index in [1.54, 1.807) is 49.1 Å². The highest BCUT2D eigenvalue weighted by Gasteiger charge is 2.21. The van der Waals surface area contributed by atoms with Crippen LogP contribution >= 0.6 is 11.6 Å². The van der Waals surface area contributed by atoms with Crippen molar-refractivity contribution in [2.24, 2.45) is 0 Å². The van der Waals surface area contributed by atoms with Gasteiger partial charge in [-0.15, -0.1) is 0 Å². The number of methoxy groups -OCH3 is 1. The molecule has 0 amide bonds. The molecular weight excluding hydrogens is 303 g/mol. The third kappa shape index (κ3) is 3.44. The highest BCUT2D eigenvalue weighted by molar-refractivity contribution is 8.22. The minimum Gasteiger partial charge on any atom is -0.497 e. The molecule has 0 fully saturated rings. The molecular formula is C15H17BO3S2. The van der Waals surface area contributed by atoms with Gasteiger partial charge in [0.25, 0.3) is 0 Å². The Kier molecular flexibility index (Phi) is 5.01. The van der Waals surface area contributed by atoms with Gasteiger partial charge in [0.05, 0.1) is 16.9 Å². The van der Waals surface area contributed by atoms with E-state index in [2.05, 4.69) is 0 Å². The second-order valence-electron chi connectivity index (χ2n) is 4.56. The van der Waals surface area contributed by atoms with Crippen LogP contribution in [0.3, 0.4) is 0 Å². The van der Waals surface area contributed by atoms with Crippen molar-refractivity contribution < 1.29 is 13.2 Å². The standard InChI is InChI=1S/C15H17BO3S2/c1-11-4-9-15(14(10-11)20-16-2)21(17,18)13-7-5-12(19-3)6-8-13/h4-10,16H,1-3H3. The summed E-state index contributed by atoms with van der Waals surface area (Å²) in [5, 5.41) is 0. The van der Waals surface area contributed by atoms with Crippen LogP contribution < -0.4 is 4.74 Å². The molecule has 0 aliphatic carbocycles. The Morgan fingerprint density at radius 1 is 1.10 bits per heavy atom. The fourth-order valence-electron chi connectivity index (χ4n) is 1.99. The number of hydrogen-bond acceptors (Lipinski definition) is 4. The zero-order valence-electron chi connectivity index (χ0n) is 12.3. The van der Waals surface area contributed by atoms with Crippen molar-refractivity contribution in [2.75, 3.05) is 7.11 Å². The van der Waals surface area contributed by atoms with Gasteiger partial charge >= 0.3 is 0 Å². The third-order valence-corrected chi connectivity index (χ3v) is 5.95. The molecule has 0 aromatic heterocycles. The van der Waals surface area contributed by atoms with E-state index in [1.165, 1.54) is 0 Å². The lowest BCUT2D eigenvalue weighted by Crippen LogP contribution is -2.04. The molecule has 0 saturated carbocycles. The highest BCUT2D eigenvalue weighted by atomic mass is 32.2. The van der Waals surface area contributed by atoms with Crippen LogP contribution in [0.1, 0.15) is 5.56 Å². The molecule has 0 aliphatic heterocycles. The molecule has 2 rings (SSSR count). The number of ether oxygens (including phenoxy) is 1. The first-order chi connectivity index (χ1) is 9.98. The van der Waals surface area contributed by atoms with Crippen LogP contribution in [0.15, 0.2) is 57.2 Å². The van der Waals surface area contributed by atoms with Gasteiger partial charge in [0.1, 0.15) is 5.75 Å². The maximum Gasteiger partial charge on any atom is 0.207 e. The topological polar surface area (TPSA) is 43.4 Å². The number of sulfone groups is 1. The van der Waals surface area contributed by atoms with Crippen molar-refractivity contribution in [3.05, 3.63) is 48.0 Å². The summed E-state index contributed by atoms with van der Waals surface area (Å²) in [6, 6.07) is 11.9. The Balaban J connectivity index is 2.52. The third-order valence-electron chi connectivity index (χ3n) is 3.06. The first kappa shape index (κ1) is 16.0. The minimum absolute atomic E-state index is 0.283. The van der Waals surface area contributed by atoms with E-state index < -0.39 is 9.84 Å². The van der Waals surface area contributed by atoms with Gasteiger partial charge in [-0.1, -0.05) is 12.9 Å². The van der Waals surface area contributed by atoms with Crippen LogP contribution in [0, 0.1) is 6.92 Å². The zero-order chi connectivity index (χ0) is 15.5. The van der Waals surface area contributed by atoms with Crippen LogP contribution in [0.4, 0.5) is 0 Å². The van der Waals surface area contributed by atoms with E-state index in [0.29, 0.717) is 10.6 Å². The van der Waals surface area contributed by atoms with Crippen molar-refractivity contribution >= 4 is 28.0 Å². The van der Waals surface area contributed by atoms with Gasteiger partial charge in [-0.25, -0.2) is 8.42 Å². The molecule has 0 atom stereocenters. The molecule has 2 aromatic carbocycles. The minimum atomic E-state index is -3.51. The van der Waals surface area contributed by atoms with Crippen LogP contribution in [-0.2, 0) is 9.84 Å². The Hall–Kier alpha value is -1.40. The second kappa shape index (κ2) is 6.58. The quantitative estimate of drug-likeness (QED) is 0.793. The predicted octanol–water partition coefficient (Wildman–Crippen LogP) is 3.33. The van der Waals surface area contributed by atoms with Crippen LogP contribution in [0.5, 0.6) is 5.75 Å². The van der Waals surface area contributed by atoms with E-state index >= 15 is 0 Å². The van der Waals surface area contributed by atoms with Crippen LogP contribution in [-0.4, -0.2) is 22.1 Å². The van der Waals surface area contributed by atoms with Gasteiger partial charge in [-0.05, 0) is 48.9 Å². The van der Waals surface area contributed by atoms with E-state index in [9.17, 15) is 8.42 Å². The normalized spacial score (nSPS) is 11.2. The van der Waals surface area contributed by atoms with Crippen molar-refractivity contribution in [1.82, 2.24) is 0 Å². The molecule has 0 spiro atoms. The van der Waals surface area contributed by atoms with Crippen molar-refractivity contribution in [3.8, 4) is 5.75 Å². The van der Waals surface area contributed by atoms with E-state index in [0.717, 1.165) is 17.0 Å². The van der Waals surface area contributed by atoms with Gasteiger partial charge in [-0.2, -0.15) is 11.6 Å². The second-order valence-corrected chi connectivity index (χ2v) is 7.79. The smallest absolute Gasteiger partial charge is 0.207 e. The zero-order valence-corrected chi connectivity index (χ0v) is 13.9. The van der Waals surface area contributed by atoms with Gasteiger partial charge in [0.2, 0.25) is 9.84 Å². The van der Waals surface area contributed by atoms with Gasteiger partial charge in [0.15, 0.2) is 6.56 Å². The molecule has 0 radical (unpaired) electrons. The van der Waals surface area contributed by atoms with E-state index in [-0.39, 0.29) is 4.90 Å². The molecule has 110 valence electrons. The number of rotatable bonds is 5. The molecule has 0 saturated heterocycles. The number of hydrogen-bond donors (Lipinski definition) is 0. The summed E-state index contributed by atoms with van der Waals surface area (Å²) in [7, 11) is -1.95. The molecule has 6 heteroatoms. The molecule has 0 unspecified atom stereocenters. The predicted molar refractivity (Wildman–Crippen MR) is 88.5 cm³/mol. The molecule has 0 N–H and O–H groups in total. The fraction of sp³-hybridized carbons (Fsp3) is 0.200. The average Bonchev–Trinajstić information content (AvgIpc) is 2.47. The maximum atomic E-state index is 12.8. The molecule has 2 aromatic rings. The highest BCUT2D eigenvalue weighted by Crippen LogP contribution is 2.31. The summed E-state index contributed by atoms with van der Waals surface area (Å²) in [5.41, 5.74) is 1.06. The lowest BCUT2D eigenvalue weighted by Gasteiger charge is -2.11. The molecule has 3 nitrogen and oxygen atoms in total. The largest absolute Gasteiger partial charge is 0.497 e. The monoisotopic (exact) mass is 320 g/mol. The summed E-state index contributed by atoms with van der Waals surface area (Å²) in [5.74, 6) is 0.640. The Morgan fingerprint density at radius 3 is 2.33 bits per heavy atom. The first-order valence-electron chi connectivity index (χ1n) is 6.61. The number of aryl methyl sites for hydroxylation is 1. The summed E-state index contributed by atoms with van der Waals surface area (Å²) in [6.07, 6.45) is 0. The van der Waals surface area contributed by atoms with Gasteiger partial charge < -0.3 is 4.74 Å². The van der Waals surface area contributed by atoms with E-state index in [4.69, 9.17) is 4.74 Å². The molecule has 0 bridgehead atoms. The SMILES string of the molecule is CBSc1cc(C)ccc1S(=O)(=O)c1ccc(OC)cc1. The van der Waals surface area contributed by atoms with Crippen molar-refractivity contribution in [2.45, 2.75) is 28.4 Å². The lowest BCUT2D eigenvalue weighted by atomic mass is 10.2. The molecule has 21 heavy (non-hydrogen) atoms. The van der Waals surface area contributed by atoms with E-state index in [1.807, 2.05) is 25.9 Å².